The van der Waals surface area contributed by atoms with Crippen molar-refractivity contribution in [3.05, 3.63) is 28.5 Å². The maximum Gasteiger partial charge on any atom is 0.244 e. The van der Waals surface area contributed by atoms with Crippen LogP contribution in [0.3, 0.4) is 0 Å². The lowest BCUT2D eigenvalue weighted by atomic mass is 9.90. The molecular weight excluding hydrogens is 234 g/mol. The number of hydrogen-bond acceptors (Lipinski definition) is 3. The third kappa shape index (κ3) is 5.65. The van der Waals surface area contributed by atoms with Crippen molar-refractivity contribution < 1.29 is 9.90 Å². The van der Waals surface area contributed by atoms with Crippen LogP contribution < -0.4 is 5.32 Å². The largest absolute Gasteiger partial charge is 0.396 e. The molecule has 0 aliphatic carbocycles. The van der Waals surface area contributed by atoms with Crippen LogP contribution in [0.25, 0.3) is 6.08 Å². The van der Waals surface area contributed by atoms with Gasteiger partial charge in [0, 0.05) is 24.1 Å². The second-order valence-electron chi connectivity index (χ2n) is 4.70. The van der Waals surface area contributed by atoms with Gasteiger partial charge in [-0.1, -0.05) is 19.9 Å². The van der Waals surface area contributed by atoms with Crippen LogP contribution in [0.1, 0.15) is 25.1 Å². The van der Waals surface area contributed by atoms with Crippen LogP contribution in [0.4, 0.5) is 0 Å². The molecule has 3 nitrogen and oxygen atoms in total. The van der Waals surface area contributed by atoms with Crippen molar-refractivity contribution in [3.63, 3.8) is 0 Å². The highest BCUT2D eigenvalue weighted by Gasteiger charge is 2.17. The third-order valence-electron chi connectivity index (χ3n) is 2.47. The lowest BCUT2D eigenvalue weighted by molar-refractivity contribution is -0.116. The van der Waals surface area contributed by atoms with Crippen molar-refractivity contribution in [2.45, 2.75) is 20.3 Å². The number of aliphatic hydroxyl groups excluding tert-OH is 1. The number of carbonyl (C=O) groups is 1. The Morgan fingerprint density at radius 3 is 2.94 bits per heavy atom. The molecule has 17 heavy (non-hydrogen) atoms. The van der Waals surface area contributed by atoms with E-state index in [1.807, 2.05) is 31.4 Å². The highest BCUT2D eigenvalue weighted by Crippen LogP contribution is 2.17. The van der Waals surface area contributed by atoms with Gasteiger partial charge in [-0.05, 0) is 29.4 Å². The summed E-state index contributed by atoms with van der Waals surface area (Å²) in [6, 6.07) is 3.91. The van der Waals surface area contributed by atoms with Crippen molar-refractivity contribution in [1.29, 1.82) is 0 Å². The fourth-order valence-electron chi connectivity index (χ4n) is 1.32. The van der Waals surface area contributed by atoms with Gasteiger partial charge in [-0.3, -0.25) is 4.79 Å². The van der Waals surface area contributed by atoms with Crippen LogP contribution in [0.5, 0.6) is 0 Å². The molecule has 1 rings (SSSR count). The van der Waals surface area contributed by atoms with Gasteiger partial charge in [-0.15, -0.1) is 11.3 Å². The van der Waals surface area contributed by atoms with E-state index in [1.165, 1.54) is 0 Å². The van der Waals surface area contributed by atoms with E-state index in [1.54, 1.807) is 23.5 Å². The molecule has 0 saturated carbocycles. The van der Waals surface area contributed by atoms with Gasteiger partial charge in [0.1, 0.15) is 0 Å². The first-order chi connectivity index (χ1) is 8.03. The monoisotopic (exact) mass is 253 g/mol. The zero-order chi connectivity index (χ0) is 12.7. The van der Waals surface area contributed by atoms with Crippen LogP contribution in [0, 0.1) is 5.41 Å². The van der Waals surface area contributed by atoms with Crippen molar-refractivity contribution in [3.8, 4) is 0 Å². The molecule has 2 N–H and O–H groups in total. The van der Waals surface area contributed by atoms with E-state index in [9.17, 15) is 4.79 Å². The first-order valence-electron chi connectivity index (χ1n) is 5.64. The average molecular weight is 253 g/mol. The molecule has 1 amide bonds. The SMILES string of the molecule is CC(C)(CCO)CNC(=O)/C=C/c1cccs1. The number of carbonyl (C=O) groups excluding carboxylic acids is 1. The fourth-order valence-corrected chi connectivity index (χ4v) is 1.94. The minimum atomic E-state index is -0.0931. The summed E-state index contributed by atoms with van der Waals surface area (Å²) in [6.45, 7) is 4.76. The van der Waals surface area contributed by atoms with E-state index >= 15 is 0 Å². The van der Waals surface area contributed by atoms with E-state index in [-0.39, 0.29) is 17.9 Å². The molecule has 0 fully saturated rings. The highest BCUT2D eigenvalue weighted by atomic mass is 32.1. The van der Waals surface area contributed by atoms with E-state index < -0.39 is 0 Å². The number of rotatable bonds is 6. The maximum atomic E-state index is 11.5. The smallest absolute Gasteiger partial charge is 0.244 e. The molecule has 94 valence electrons. The molecule has 0 aliphatic rings. The molecule has 0 spiro atoms. The summed E-state index contributed by atoms with van der Waals surface area (Å²) in [7, 11) is 0. The molecule has 1 aromatic heterocycles. The van der Waals surface area contributed by atoms with Crippen LogP contribution in [0.2, 0.25) is 0 Å². The first-order valence-corrected chi connectivity index (χ1v) is 6.52. The van der Waals surface area contributed by atoms with Gasteiger partial charge in [0.15, 0.2) is 0 Å². The summed E-state index contributed by atoms with van der Waals surface area (Å²) >= 11 is 1.60. The van der Waals surface area contributed by atoms with Gasteiger partial charge >= 0.3 is 0 Å². The summed E-state index contributed by atoms with van der Waals surface area (Å²) in [5, 5.41) is 13.7. The summed E-state index contributed by atoms with van der Waals surface area (Å²) in [5.74, 6) is -0.0931. The van der Waals surface area contributed by atoms with Gasteiger partial charge in [0.2, 0.25) is 5.91 Å². The minimum Gasteiger partial charge on any atom is -0.396 e. The Bertz CT molecular complexity index is 369. The van der Waals surface area contributed by atoms with Crippen molar-refractivity contribution in [2.75, 3.05) is 13.2 Å². The Labute approximate surface area is 106 Å². The Morgan fingerprint density at radius 1 is 1.59 bits per heavy atom. The number of thiophene rings is 1. The quantitative estimate of drug-likeness (QED) is 0.764. The molecule has 4 heteroatoms. The molecular formula is C13H19NO2S. The Morgan fingerprint density at radius 2 is 2.35 bits per heavy atom. The molecule has 0 bridgehead atoms. The molecule has 1 aromatic rings. The molecule has 0 radical (unpaired) electrons. The van der Waals surface area contributed by atoms with Gasteiger partial charge in [0.25, 0.3) is 0 Å². The zero-order valence-corrected chi connectivity index (χ0v) is 11.1. The van der Waals surface area contributed by atoms with Crippen molar-refractivity contribution in [2.24, 2.45) is 5.41 Å². The molecule has 0 atom stereocenters. The summed E-state index contributed by atoms with van der Waals surface area (Å²) in [5.41, 5.74) is -0.0683. The molecule has 0 saturated heterocycles. The van der Waals surface area contributed by atoms with E-state index in [0.29, 0.717) is 13.0 Å². The van der Waals surface area contributed by atoms with Crippen LogP contribution in [-0.4, -0.2) is 24.2 Å². The predicted molar refractivity (Wildman–Crippen MR) is 71.8 cm³/mol. The summed E-state index contributed by atoms with van der Waals surface area (Å²) in [4.78, 5) is 12.6. The van der Waals surface area contributed by atoms with Crippen molar-refractivity contribution >= 4 is 23.3 Å². The number of hydrogen-bond donors (Lipinski definition) is 2. The van der Waals surface area contributed by atoms with Crippen molar-refractivity contribution in [1.82, 2.24) is 5.32 Å². The highest BCUT2D eigenvalue weighted by molar-refractivity contribution is 7.10. The van der Waals surface area contributed by atoms with Gasteiger partial charge < -0.3 is 10.4 Å². The molecule has 0 aliphatic heterocycles. The number of aliphatic hydroxyl groups is 1. The molecule has 0 aromatic carbocycles. The van der Waals surface area contributed by atoms with Gasteiger partial charge in [-0.2, -0.15) is 0 Å². The average Bonchev–Trinajstić information content (AvgIpc) is 2.76. The van der Waals surface area contributed by atoms with Gasteiger partial charge in [0.05, 0.1) is 0 Å². The predicted octanol–water partition coefficient (Wildman–Crippen LogP) is 2.29. The lowest BCUT2D eigenvalue weighted by Crippen LogP contribution is -2.33. The second-order valence-corrected chi connectivity index (χ2v) is 5.68. The normalized spacial score (nSPS) is 11.9. The maximum absolute atomic E-state index is 11.5. The number of nitrogens with one attached hydrogen (secondary N) is 1. The van der Waals surface area contributed by atoms with Crippen LogP contribution in [-0.2, 0) is 4.79 Å². The van der Waals surface area contributed by atoms with E-state index in [4.69, 9.17) is 5.11 Å². The summed E-state index contributed by atoms with van der Waals surface area (Å²) < 4.78 is 0. The standard InChI is InChI=1S/C13H19NO2S/c1-13(2,7-8-15)10-14-12(16)6-5-11-4-3-9-17-11/h3-6,9,15H,7-8,10H2,1-2H3,(H,14,16)/b6-5+. The first kappa shape index (κ1) is 13.9. The number of amides is 1. The van der Waals surface area contributed by atoms with Crippen LogP contribution >= 0.6 is 11.3 Å². The molecule has 1 heterocycles. The Hall–Kier alpha value is -1.13. The Balaban J connectivity index is 2.35. The minimum absolute atomic E-state index is 0.0683. The lowest BCUT2D eigenvalue weighted by Gasteiger charge is -2.23. The topological polar surface area (TPSA) is 49.3 Å². The van der Waals surface area contributed by atoms with E-state index in [0.717, 1.165) is 4.88 Å². The zero-order valence-electron chi connectivity index (χ0n) is 10.3. The van der Waals surface area contributed by atoms with Gasteiger partial charge in [-0.25, -0.2) is 0 Å². The Kier molecular flexibility index (Phi) is 5.38. The molecule has 0 unspecified atom stereocenters. The second kappa shape index (κ2) is 6.57. The summed E-state index contributed by atoms with van der Waals surface area (Å²) in [6.07, 6.45) is 4.03. The van der Waals surface area contributed by atoms with Crippen LogP contribution in [0.15, 0.2) is 23.6 Å². The third-order valence-corrected chi connectivity index (χ3v) is 3.31. The fraction of sp³-hybridized carbons (Fsp3) is 0.462. The van der Waals surface area contributed by atoms with E-state index in [2.05, 4.69) is 5.32 Å².